The van der Waals surface area contributed by atoms with Crippen molar-refractivity contribution in [3.8, 4) is 0 Å². The number of nitrogens with two attached hydrogens (primary N) is 1. The third-order valence-electron chi connectivity index (χ3n) is 1.23. The van der Waals surface area contributed by atoms with Crippen LogP contribution in [0.3, 0.4) is 0 Å². The third-order valence-corrected chi connectivity index (χ3v) is 1.23. The molecule has 0 saturated carbocycles. The Morgan fingerprint density at radius 3 is 2.54 bits per heavy atom. The maximum Gasteiger partial charge on any atom is 0.332 e. The van der Waals surface area contributed by atoms with Crippen molar-refractivity contribution in [1.29, 1.82) is 0 Å². The fraction of sp³-hybridized carbons (Fsp3) is 0.714. The van der Waals surface area contributed by atoms with Gasteiger partial charge >= 0.3 is 11.9 Å². The van der Waals surface area contributed by atoms with Gasteiger partial charge < -0.3 is 20.3 Å². The molecule has 13 heavy (non-hydrogen) atoms. The number of esters is 1. The number of carbonyl (C=O) groups is 2. The fourth-order valence-electron chi connectivity index (χ4n) is 0.511. The van der Waals surface area contributed by atoms with Crippen LogP contribution >= 0.6 is 0 Å². The summed E-state index contributed by atoms with van der Waals surface area (Å²) < 4.78 is 9.32. The summed E-state index contributed by atoms with van der Waals surface area (Å²) in [6, 6.07) is 0. The van der Waals surface area contributed by atoms with Crippen molar-refractivity contribution < 1.29 is 24.2 Å². The summed E-state index contributed by atoms with van der Waals surface area (Å²) in [6.07, 6.45) is -0.892. The van der Waals surface area contributed by atoms with Crippen LogP contribution in [0, 0.1) is 0 Å². The van der Waals surface area contributed by atoms with Crippen molar-refractivity contribution in [3.05, 3.63) is 0 Å². The molecule has 0 radical (unpaired) electrons. The van der Waals surface area contributed by atoms with E-state index in [0.717, 1.165) is 0 Å². The van der Waals surface area contributed by atoms with Crippen LogP contribution in [-0.4, -0.2) is 42.9 Å². The van der Waals surface area contributed by atoms with Crippen molar-refractivity contribution in [1.82, 2.24) is 0 Å². The first-order chi connectivity index (χ1) is 6.07. The normalized spacial score (nSPS) is 12.2. The predicted octanol–water partition coefficient (Wildman–Crippen LogP) is -1.02. The second kappa shape index (κ2) is 6.38. The Morgan fingerprint density at radius 1 is 1.46 bits per heavy atom. The zero-order valence-electron chi connectivity index (χ0n) is 7.36. The van der Waals surface area contributed by atoms with Crippen molar-refractivity contribution in [3.63, 3.8) is 0 Å². The summed E-state index contributed by atoms with van der Waals surface area (Å²) >= 11 is 0. The molecule has 0 aromatic carbocycles. The molecule has 0 aliphatic carbocycles. The summed E-state index contributed by atoms with van der Waals surface area (Å²) in [5, 5.41) is 8.38. The van der Waals surface area contributed by atoms with Gasteiger partial charge in [-0.05, 0) is 6.92 Å². The summed E-state index contributed by atoms with van der Waals surface area (Å²) in [7, 11) is 0. The first kappa shape index (κ1) is 11.9. The standard InChI is InChI=1S/C7H13NO5/c1-5(7(10)11)12-2-3-13-6(9)4-8/h5H,2-4,8H2,1H3,(H,10,11). The summed E-state index contributed by atoms with van der Waals surface area (Å²) in [4.78, 5) is 20.7. The van der Waals surface area contributed by atoms with Crippen molar-refractivity contribution >= 4 is 11.9 Å². The maximum atomic E-state index is 10.5. The van der Waals surface area contributed by atoms with Gasteiger partial charge in [-0.2, -0.15) is 0 Å². The minimum Gasteiger partial charge on any atom is -0.479 e. The van der Waals surface area contributed by atoms with Crippen molar-refractivity contribution in [2.24, 2.45) is 5.73 Å². The van der Waals surface area contributed by atoms with E-state index in [4.69, 9.17) is 15.6 Å². The van der Waals surface area contributed by atoms with Crippen molar-refractivity contribution in [2.45, 2.75) is 13.0 Å². The van der Waals surface area contributed by atoms with Crippen LogP contribution in [-0.2, 0) is 19.1 Å². The summed E-state index contributed by atoms with van der Waals surface area (Å²) in [5.74, 6) is -1.59. The average molecular weight is 191 g/mol. The number of carbonyl (C=O) groups excluding carboxylic acids is 1. The third kappa shape index (κ3) is 6.06. The lowest BCUT2D eigenvalue weighted by Gasteiger charge is -2.08. The number of rotatable bonds is 6. The molecule has 0 fully saturated rings. The molecule has 6 heteroatoms. The summed E-state index contributed by atoms with van der Waals surface area (Å²) in [5.41, 5.74) is 4.95. The molecule has 1 atom stereocenters. The van der Waals surface area contributed by atoms with E-state index in [9.17, 15) is 9.59 Å². The van der Waals surface area contributed by atoms with Crippen molar-refractivity contribution in [2.75, 3.05) is 19.8 Å². The number of hydrogen-bond acceptors (Lipinski definition) is 5. The minimum atomic E-state index is -1.05. The van der Waals surface area contributed by atoms with Crippen LogP contribution in [0.5, 0.6) is 0 Å². The topological polar surface area (TPSA) is 98.9 Å². The van der Waals surface area contributed by atoms with Crippen LogP contribution in [0.15, 0.2) is 0 Å². The van der Waals surface area contributed by atoms with E-state index in [1.165, 1.54) is 6.92 Å². The van der Waals surface area contributed by atoms with E-state index in [-0.39, 0.29) is 19.8 Å². The van der Waals surface area contributed by atoms with Crippen LogP contribution in [0.25, 0.3) is 0 Å². The Hall–Kier alpha value is -1.14. The minimum absolute atomic E-state index is 0.0215. The van der Waals surface area contributed by atoms with E-state index in [1.54, 1.807) is 0 Å². The molecule has 0 aliphatic rings. The molecule has 0 aromatic heterocycles. The number of hydrogen-bond donors (Lipinski definition) is 2. The maximum absolute atomic E-state index is 10.5. The molecule has 76 valence electrons. The fourth-order valence-corrected chi connectivity index (χ4v) is 0.511. The van der Waals surface area contributed by atoms with Gasteiger partial charge in [0.25, 0.3) is 0 Å². The van der Waals surface area contributed by atoms with Gasteiger partial charge in [-0.1, -0.05) is 0 Å². The lowest BCUT2D eigenvalue weighted by atomic mass is 10.4. The zero-order valence-corrected chi connectivity index (χ0v) is 7.36. The van der Waals surface area contributed by atoms with Gasteiger partial charge in [0.1, 0.15) is 6.61 Å². The van der Waals surface area contributed by atoms with Crippen LogP contribution in [0.2, 0.25) is 0 Å². The van der Waals surface area contributed by atoms with E-state index in [1.807, 2.05) is 0 Å². The number of ether oxygens (including phenoxy) is 2. The second-order valence-corrected chi connectivity index (χ2v) is 2.28. The van der Waals surface area contributed by atoms with E-state index < -0.39 is 18.0 Å². The first-order valence-electron chi connectivity index (χ1n) is 3.78. The molecule has 0 spiro atoms. The van der Waals surface area contributed by atoms with E-state index in [0.29, 0.717) is 0 Å². The van der Waals surface area contributed by atoms with Crippen LogP contribution in [0.4, 0.5) is 0 Å². The quantitative estimate of drug-likeness (QED) is 0.411. The van der Waals surface area contributed by atoms with Crippen LogP contribution in [0.1, 0.15) is 6.92 Å². The smallest absolute Gasteiger partial charge is 0.332 e. The SMILES string of the molecule is CC(OCCOC(=O)CN)C(=O)O. The molecular weight excluding hydrogens is 178 g/mol. The first-order valence-corrected chi connectivity index (χ1v) is 3.78. The largest absolute Gasteiger partial charge is 0.479 e. The van der Waals surface area contributed by atoms with E-state index in [2.05, 4.69) is 4.74 Å². The highest BCUT2D eigenvalue weighted by molar-refractivity contribution is 5.72. The number of carboxylic acid groups (broad SMARTS) is 1. The predicted molar refractivity (Wildman–Crippen MR) is 43.1 cm³/mol. The molecule has 0 bridgehead atoms. The van der Waals surface area contributed by atoms with Gasteiger partial charge in [0.05, 0.1) is 13.2 Å². The van der Waals surface area contributed by atoms with Gasteiger partial charge in [0, 0.05) is 0 Å². The monoisotopic (exact) mass is 191 g/mol. The van der Waals surface area contributed by atoms with Gasteiger partial charge in [-0.3, -0.25) is 4.79 Å². The Kier molecular flexibility index (Phi) is 5.82. The van der Waals surface area contributed by atoms with Gasteiger partial charge in [0.2, 0.25) is 0 Å². The van der Waals surface area contributed by atoms with Gasteiger partial charge in [-0.15, -0.1) is 0 Å². The summed E-state index contributed by atoms with van der Waals surface area (Å²) in [6.45, 7) is 1.29. The van der Waals surface area contributed by atoms with Crippen LogP contribution < -0.4 is 5.73 Å². The second-order valence-electron chi connectivity index (χ2n) is 2.28. The Balaban J connectivity index is 3.35. The zero-order chi connectivity index (χ0) is 10.3. The molecule has 0 heterocycles. The highest BCUT2D eigenvalue weighted by atomic mass is 16.6. The lowest BCUT2D eigenvalue weighted by Crippen LogP contribution is -2.24. The molecule has 1 unspecified atom stereocenters. The van der Waals surface area contributed by atoms with Gasteiger partial charge in [-0.25, -0.2) is 4.79 Å². The Bertz CT molecular complexity index is 182. The molecule has 0 aliphatic heterocycles. The molecule has 0 amide bonds. The average Bonchev–Trinajstić information content (AvgIpc) is 2.11. The molecule has 3 N–H and O–H groups in total. The number of aliphatic carboxylic acids is 1. The molecular formula is C7H13NO5. The lowest BCUT2D eigenvalue weighted by molar-refractivity contribution is -0.152. The molecule has 0 aromatic rings. The molecule has 0 rings (SSSR count). The Labute approximate surface area is 75.6 Å². The number of carboxylic acids is 1. The van der Waals surface area contributed by atoms with Gasteiger partial charge in [0.15, 0.2) is 6.10 Å². The Morgan fingerprint density at radius 2 is 2.08 bits per heavy atom. The van der Waals surface area contributed by atoms with E-state index >= 15 is 0 Å². The molecule has 0 saturated heterocycles. The molecule has 6 nitrogen and oxygen atoms in total. The highest BCUT2D eigenvalue weighted by Gasteiger charge is 2.10. The highest BCUT2D eigenvalue weighted by Crippen LogP contribution is 1.90.